The van der Waals surface area contributed by atoms with Crippen LogP contribution in [0.4, 0.5) is 5.69 Å². The van der Waals surface area contributed by atoms with Gasteiger partial charge in [0.2, 0.25) is 5.91 Å². The largest absolute Gasteiger partial charge is 0.451 e. The van der Waals surface area contributed by atoms with Gasteiger partial charge in [0.25, 0.3) is 5.91 Å². The van der Waals surface area contributed by atoms with E-state index < -0.39 is 0 Å². The van der Waals surface area contributed by atoms with Crippen LogP contribution < -0.4 is 16.0 Å². The van der Waals surface area contributed by atoms with E-state index in [0.29, 0.717) is 17.7 Å². The first-order valence-corrected chi connectivity index (χ1v) is 9.56. The van der Waals surface area contributed by atoms with Gasteiger partial charge in [-0.3, -0.25) is 9.59 Å². The van der Waals surface area contributed by atoms with Crippen molar-refractivity contribution in [2.24, 2.45) is 0 Å². The Morgan fingerprint density at radius 3 is 2.54 bits per heavy atom. The number of nitrogens with one attached hydrogen (secondary N) is 3. The molecule has 1 fully saturated rings. The monoisotopic (exact) mass is 377 g/mol. The molecule has 2 heterocycles. The fourth-order valence-corrected chi connectivity index (χ4v) is 3.42. The van der Waals surface area contributed by atoms with E-state index in [1.807, 2.05) is 36.4 Å². The number of benzene rings is 2. The lowest BCUT2D eigenvalue weighted by atomic mass is 10.1. The molecule has 144 valence electrons. The molecule has 1 aliphatic rings. The number of carbonyl (C=O) groups is 2. The SMILES string of the molecule is O=C(Cc1ccc(NC(=O)c2cc3ccccc3o2)cc1)NC1CCNCC1. The van der Waals surface area contributed by atoms with Gasteiger partial charge < -0.3 is 20.4 Å². The van der Waals surface area contributed by atoms with Crippen molar-refractivity contribution >= 4 is 28.5 Å². The molecule has 28 heavy (non-hydrogen) atoms. The highest BCUT2D eigenvalue weighted by Crippen LogP contribution is 2.20. The van der Waals surface area contributed by atoms with Gasteiger partial charge in [0.05, 0.1) is 6.42 Å². The molecule has 0 bridgehead atoms. The summed E-state index contributed by atoms with van der Waals surface area (Å²) in [5.41, 5.74) is 2.25. The summed E-state index contributed by atoms with van der Waals surface area (Å²) in [6.07, 6.45) is 2.28. The lowest BCUT2D eigenvalue weighted by Gasteiger charge is -2.23. The maximum Gasteiger partial charge on any atom is 0.291 e. The van der Waals surface area contributed by atoms with Crippen LogP contribution in [-0.2, 0) is 11.2 Å². The van der Waals surface area contributed by atoms with E-state index in [9.17, 15) is 9.59 Å². The van der Waals surface area contributed by atoms with Crippen LogP contribution in [0.25, 0.3) is 11.0 Å². The van der Waals surface area contributed by atoms with Gasteiger partial charge in [-0.05, 0) is 55.8 Å². The molecule has 1 aromatic heterocycles. The summed E-state index contributed by atoms with van der Waals surface area (Å²) in [7, 11) is 0. The maximum atomic E-state index is 12.4. The smallest absolute Gasteiger partial charge is 0.291 e. The minimum Gasteiger partial charge on any atom is -0.451 e. The topological polar surface area (TPSA) is 83.4 Å². The quantitative estimate of drug-likeness (QED) is 0.638. The molecular weight excluding hydrogens is 354 g/mol. The van der Waals surface area contributed by atoms with Crippen LogP contribution >= 0.6 is 0 Å². The van der Waals surface area contributed by atoms with Crippen LogP contribution in [0.3, 0.4) is 0 Å². The van der Waals surface area contributed by atoms with Gasteiger partial charge in [-0.1, -0.05) is 30.3 Å². The third-order valence-electron chi connectivity index (χ3n) is 4.93. The maximum absolute atomic E-state index is 12.4. The van der Waals surface area contributed by atoms with Crippen molar-refractivity contribution in [1.29, 1.82) is 0 Å². The van der Waals surface area contributed by atoms with Crippen molar-refractivity contribution in [1.82, 2.24) is 10.6 Å². The lowest BCUT2D eigenvalue weighted by Crippen LogP contribution is -2.43. The number of piperidine rings is 1. The van der Waals surface area contributed by atoms with E-state index in [4.69, 9.17) is 4.42 Å². The molecule has 3 N–H and O–H groups in total. The molecule has 0 atom stereocenters. The molecule has 4 rings (SSSR count). The summed E-state index contributed by atoms with van der Waals surface area (Å²) in [5.74, 6) is 0.00480. The molecule has 6 nitrogen and oxygen atoms in total. The number of carbonyl (C=O) groups excluding carboxylic acids is 2. The van der Waals surface area contributed by atoms with Crippen molar-refractivity contribution in [2.75, 3.05) is 18.4 Å². The second-order valence-corrected chi connectivity index (χ2v) is 7.07. The zero-order valence-electron chi connectivity index (χ0n) is 15.5. The number of hydrogen-bond acceptors (Lipinski definition) is 4. The lowest BCUT2D eigenvalue weighted by molar-refractivity contribution is -0.121. The van der Waals surface area contributed by atoms with Gasteiger partial charge in [0.1, 0.15) is 5.58 Å². The van der Waals surface area contributed by atoms with Gasteiger partial charge in [-0.15, -0.1) is 0 Å². The molecule has 2 aromatic carbocycles. The Labute approximate surface area is 163 Å². The van der Waals surface area contributed by atoms with Crippen LogP contribution in [0, 0.1) is 0 Å². The third-order valence-corrected chi connectivity index (χ3v) is 4.93. The third kappa shape index (κ3) is 4.40. The molecule has 3 aromatic rings. The van der Waals surface area contributed by atoms with Crippen LogP contribution in [0.2, 0.25) is 0 Å². The fraction of sp³-hybridized carbons (Fsp3) is 0.273. The second-order valence-electron chi connectivity index (χ2n) is 7.07. The Morgan fingerprint density at radius 2 is 1.79 bits per heavy atom. The number of rotatable bonds is 5. The summed E-state index contributed by atoms with van der Waals surface area (Å²) in [5, 5.41) is 10.1. The van der Waals surface area contributed by atoms with Crippen LogP contribution in [0.1, 0.15) is 29.0 Å². The van der Waals surface area contributed by atoms with Crippen LogP contribution in [-0.4, -0.2) is 30.9 Å². The standard InChI is InChI=1S/C22H23N3O3/c26-21(24-18-9-11-23-12-10-18)13-15-5-7-17(8-6-15)25-22(27)20-14-16-3-1-2-4-19(16)28-20/h1-8,14,18,23H,9-13H2,(H,24,26)(H,25,27). The van der Waals surface area contributed by atoms with Crippen molar-refractivity contribution in [2.45, 2.75) is 25.3 Å². The Hall–Kier alpha value is -3.12. The van der Waals surface area contributed by atoms with Gasteiger partial charge in [-0.25, -0.2) is 0 Å². The highest BCUT2D eigenvalue weighted by Gasteiger charge is 2.16. The molecule has 1 aliphatic heterocycles. The van der Waals surface area contributed by atoms with Crippen molar-refractivity contribution in [3.05, 3.63) is 65.9 Å². The minimum absolute atomic E-state index is 0.0333. The predicted octanol–water partition coefficient (Wildman–Crippen LogP) is 3.10. The average molecular weight is 377 g/mol. The second kappa shape index (κ2) is 8.27. The average Bonchev–Trinajstić information content (AvgIpc) is 3.15. The summed E-state index contributed by atoms with van der Waals surface area (Å²) in [6.45, 7) is 1.90. The Morgan fingerprint density at radius 1 is 1.04 bits per heavy atom. The zero-order valence-corrected chi connectivity index (χ0v) is 15.5. The van der Waals surface area contributed by atoms with Gasteiger partial charge in [-0.2, -0.15) is 0 Å². The zero-order chi connectivity index (χ0) is 19.3. The molecule has 0 radical (unpaired) electrons. The number of anilines is 1. The van der Waals surface area contributed by atoms with Crippen LogP contribution in [0.5, 0.6) is 0 Å². The molecule has 6 heteroatoms. The van der Waals surface area contributed by atoms with E-state index in [0.717, 1.165) is 36.9 Å². The summed E-state index contributed by atoms with van der Waals surface area (Å²) < 4.78 is 5.58. The molecule has 2 amide bonds. The number of hydrogen-bond donors (Lipinski definition) is 3. The molecule has 0 saturated carbocycles. The highest BCUT2D eigenvalue weighted by molar-refractivity contribution is 6.04. The highest BCUT2D eigenvalue weighted by atomic mass is 16.3. The molecule has 0 unspecified atom stereocenters. The van der Waals surface area contributed by atoms with Gasteiger partial charge in [0.15, 0.2) is 5.76 Å². The molecule has 1 saturated heterocycles. The predicted molar refractivity (Wildman–Crippen MR) is 108 cm³/mol. The van der Waals surface area contributed by atoms with Crippen molar-refractivity contribution in [3.63, 3.8) is 0 Å². The number of furan rings is 1. The molecule has 0 aliphatic carbocycles. The number of para-hydroxylation sites is 1. The van der Waals surface area contributed by atoms with E-state index in [-0.39, 0.29) is 23.6 Å². The van der Waals surface area contributed by atoms with Crippen LogP contribution in [0.15, 0.2) is 59.0 Å². The summed E-state index contributed by atoms with van der Waals surface area (Å²) in [6, 6.07) is 16.8. The Balaban J connectivity index is 1.33. The van der Waals surface area contributed by atoms with Crippen molar-refractivity contribution < 1.29 is 14.0 Å². The first kappa shape index (κ1) is 18.3. The fourth-order valence-electron chi connectivity index (χ4n) is 3.42. The minimum atomic E-state index is -0.299. The Bertz CT molecular complexity index is 939. The Kier molecular flexibility index (Phi) is 5.39. The van der Waals surface area contributed by atoms with E-state index >= 15 is 0 Å². The first-order chi connectivity index (χ1) is 13.7. The number of amides is 2. The van der Waals surface area contributed by atoms with E-state index in [1.54, 1.807) is 18.2 Å². The normalized spacial score (nSPS) is 14.7. The molecular formula is C22H23N3O3. The number of fused-ring (bicyclic) bond motifs is 1. The van der Waals surface area contributed by atoms with E-state index in [2.05, 4.69) is 16.0 Å². The molecule has 0 spiro atoms. The first-order valence-electron chi connectivity index (χ1n) is 9.56. The van der Waals surface area contributed by atoms with Crippen molar-refractivity contribution in [3.8, 4) is 0 Å². The van der Waals surface area contributed by atoms with E-state index in [1.165, 1.54) is 0 Å². The van der Waals surface area contributed by atoms with Gasteiger partial charge >= 0.3 is 0 Å². The summed E-state index contributed by atoms with van der Waals surface area (Å²) in [4.78, 5) is 24.6. The van der Waals surface area contributed by atoms with Gasteiger partial charge in [0, 0.05) is 17.1 Å². The summed E-state index contributed by atoms with van der Waals surface area (Å²) >= 11 is 0.